The molecule has 1 aromatic heterocycles. The highest BCUT2D eigenvalue weighted by Gasteiger charge is 2.17. The molecule has 96 valence electrons. The maximum atomic E-state index is 6.02. The van der Waals surface area contributed by atoms with Gasteiger partial charge in [-0.3, -0.25) is 4.68 Å². The Hall–Kier alpha value is -1.81. The average Bonchev–Trinajstić information content (AvgIpc) is 2.82. The molecule has 0 saturated heterocycles. The van der Waals surface area contributed by atoms with Gasteiger partial charge in [0.2, 0.25) is 0 Å². The molecule has 0 aliphatic carbocycles. The number of benzene rings is 1. The van der Waals surface area contributed by atoms with Gasteiger partial charge in [0, 0.05) is 23.7 Å². The first-order valence-corrected chi connectivity index (χ1v) is 6.13. The molecule has 1 heterocycles. The van der Waals surface area contributed by atoms with Crippen LogP contribution in [0, 0.1) is 0 Å². The summed E-state index contributed by atoms with van der Waals surface area (Å²) in [6, 6.07) is 7.89. The van der Waals surface area contributed by atoms with E-state index in [9.17, 15) is 0 Å². The van der Waals surface area contributed by atoms with Gasteiger partial charge >= 0.3 is 0 Å². The molecule has 0 aliphatic rings. The van der Waals surface area contributed by atoms with Gasteiger partial charge in [0.05, 0.1) is 19.0 Å². The molecule has 1 aromatic carbocycles. The van der Waals surface area contributed by atoms with Crippen molar-refractivity contribution in [2.75, 3.05) is 7.11 Å². The van der Waals surface area contributed by atoms with E-state index in [1.807, 2.05) is 42.1 Å². The number of rotatable bonds is 4. The number of nitrogens with zero attached hydrogens (tertiary/aromatic N) is 2. The van der Waals surface area contributed by atoms with Crippen LogP contribution in [-0.4, -0.2) is 16.9 Å². The van der Waals surface area contributed by atoms with Crippen molar-refractivity contribution in [2.24, 2.45) is 5.73 Å². The molecule has 4 heteroatoms. The summed E-state index contributed by atoms with van der Waals surface area (Å²) >= 11 is 0. The van der Waals surface area contributed by atoms with Gasteiger partial charge in [-0.25, -0.2) is 0 Å². The number of methoxy groups -OCH3 is 1. The van der Waals surface area contributed by atoms with Crippen LogP contribution in [0.1, 0.15) is 25.5 Å². The summed E-state index contributed by atoms with van der Waals surface area (Å²) in [5.41, 5.74) is 9.14. The monoisotopic (exact) mass is 245 g/mol. The predicted octanol–water partition coefficient (Wildman–Crippen LogP) is 2.60. The second-order valence-corrected chi connectivity index (χ2v) is 4.25. The van der Waals surface area contributed by atoms with Crippen LogP contribution in [0.4, 0.5) is 0 Å². The molecule has 0 radical (unpaired) electrons. The lowest BCUT2D eigenvalue weighted by atomic mass is 10.0. The highest BCUT2D eigenvalue weighted by molar-refractivity contribution is 5.70. The highest BCUT2D eigenvalue weighted by Crippen LogP contribution is 2.34. The van der Waals surface area contributed by atoms with Crippen LogP contribution in [0.2, 0.25) is 0 Å². The number of hydrogen-bond donors (Lipinski definition) is 1. The Labute approximate surface area is 107 Å². The van der Waals surface area contributed by atoms with E-state index in [0.29, 0.717) is 0 Å². The van der Waals surface area contributed by atoms with E-state index in [1.165, 1.54) is 0 Å². The van der Waals surface area contributed by atoms with E-state index in [-0.39, 0.29) is 6.04 Å². The molecule has 2 N–H and O–H groups in total. The zero-order valence-electron chi connectivity index (χ0n) is 11.1. The summed E-state index contributed by atoms with van der Waals surface area (Å²) in [6.07, 6.45) is 1.84. The Balaban J connectivity index is 2.65. The van der Waals surface area contributed by atoms with Crippen molar-refractivity contribution in [1.82, 2.24) is 9.78 Å². The number of nitrogens with two attached hydrogens (primary N) is 1. The van der Waals surface area contributed by atoms with E-state index in [2.05, 4.69) is 12.0 Å². The van der Waals surface area contributed by atoms with Gasteiger partial charge in [0.1, 0.15) is 5.75 Å². The number of hydrogen-bond acceptors (Lipinski definition) is 3. The Kier molecular flexibility index (Phi) is 3.67. The van der Waals surface area contributed by atoms with Gasteiger partial charge in [-0.15, -0.1) is 0 Å². The van der Waals surface area contributed by atoms with Crippen molar-refractivity contribution < 1.29 is 4.74 Å². The Morgan fingerprint density at radius 3 is 2.72 bits per heavy atom. The number of para-hydroxylation sites is 1. The van der Waals surface area contributed by atoms with Crippen LogP contribution in [0.3, 0.4) is 0 Å². The summed E-state index contributed by atoms with van der Waals surface area (Å²) in [6.45, 7) is 4.84. The maximum Gasteiger partial charge on any atom is 0.128 e. The Bertz CT molecular complexity index is 532. The van der Waals surface area contributed by atoms with Crippen molar-refractivity contribution >= 4 is 0 Å². The third-order valence-corrected chi connectivity index (χ3v) is 3.02. The second kappa shape index (κ2) is 5.23. The van der Waals surface area contributed by atoms with E-state index in [0.717, 1.165) is 29.1 Å². The maximum absolute atomic E-state index is 6.02. The van der Waals surface area contributed by atoms with Crippen molar-refractivity contribution in [3.05, 3.63) is 36.0 Å². The normalized spacial score (nSPS) is 12.4. The zero-order valence-corrected chi connectivity index (χ0v) is 11.1. The van der Waals surface area contributed by atoms with Gasteiger partial charge in [-0.2, -0.15) is 5.10 Å². The van der Waals surface area contributed by atoms with E-state index in [4.69, 9.17) is 10.5 Å². The van der Waals surface area contributed by atoms with Crippen molar-refractivity contribution in [1.29, 1.82) is 0 Å². The largest absolute Gasteiger partial charge is 0.496 e. The van der Waals surface area contributed by atoms with Crippen LogP contribution in [-0.2, 0) is 6.54 Å². The number of aryl methyl sites for hydroxylation is 1. The number of ether oxygens (including phenoxy) is 1. The molecule has 4 nitrogen and oxygen atoms in total. The molecule has 0 amide bonds. The molecule has 2 rings (SSSR count). The molecule has 0 saturated carbocycles. The molecule has 18 heavy (non-hydrogen) atoms. The fourth-order valence-electron chi connectivity index (χ4n) is 2.11. The third kappa shape index (κ3) is 2.11. The molecule has 2 aromatic rings. The van der Waals surface area contributed by atoms with Gasteiger partial charge in [-0.05, 0) is 26.0 Å². The lowest BCUT2D eigenvalue weighted by molar-refractivity contribution is 0.416. The summed E-state index contributed by atoms with van der Waals surface area (Å²) < 4.78 is 7.38. The first-order valence-electron chi connectivity index (χ1n) is 6.13. The molecular weight excluding hydrogens is 226 g/mol. The molecule has 0 fully saturated rings. The molecule has 1 unspecified atom stereocenters. The molecule has 0 aliphatic heterocycles. The quantitative estimate of drug-likeness (QED) is 0.900. The minimum atomic E-state index is -0.0507. The van der Waals surface area contributed by atoms with Crippen molar-refractivity contribution in [3.63, 3.8) is 0 Å². The van der Waals surface area contributed by atoms with Crippen LogP contribution in [0.15, 0.2) is 30.5 Å². The highest BCUT2D eigenvalue weighted by atomic mass is 16.5. The third-order valence-electron chi connectivity index (χ3n) is 3.02. The van der Waals surface area contributed by atoms with Crippen LogP contribution >= 0.6 is 0 Å². The Morgan fingerprint density at radius 2 is 2.11 bits per heavy atom. The van der Waals surface area contributed by atoms with Crippen molar-refractivity contribution in [3.8, 4) is 17.0 Å². The fourth-order valence-corrected chi connectivity index (χ4v) is 2.11. The Morgan fingerprint density at radius 1 is 1.39 bits per heavy atom. The van der Waals surface area contributed by atoms with Gasteiger partial charge in [-0.1, -0.05) is 12.1 Å². The van der Waals surface area contributed by atoms with Gasteiger partial charge in [0.25, 0.3) is 0 Å². The number of aromatic nitrogens is 2. The van der Waals surface area contributed by atoms with Crippen molar-refractivity contribution in [2.45, 2.75) is 26.4 Å². The smallest absolute Gasteiger partial charge is 0.128 e. The SMILES string of the molecule is CCn1ncc(C(C)N)c1-c1ccccc1OC. The molecule has 1 atom stereocenters. The van der Waals surface area contributed by atoms with E-state index >= 15 is 0 Å². The molecule has 0 bridgehead atoms. The van der Waals surface area contributed by atoms with Gasteiger partial charge in [0.15, 0.2) is 0 Å². The van der Waals surface area contributed by atoms with Crippen LogP contribution in [0.25, 0.3) is 11.3 Å². The average molecular weight is 245 g/mol. The summed E-state index contributed by atoms with van der Waals surface area (Å²) in [4.78, 5) is 0. The molecule has 0 spiro atoms. The minimum absolute atomic E-state index is 0.0507. The second-order valence-electron chi connectivity index (χ2n) is 4.25. The summed E-state index contributed by atoms with van der Waals surface area (Å²) in [7, 11) is 1.68. The fraction of sp³-hybridized carbons (Fsp3) is 0.357. The molecular formula is C14H19N3O. The first-order chi connectivity index (χ1) is 8.69. The summed E-state index contributed by atoms with van der Waals surface area (Å²) in [5, 5.41) is 4.39. The van der Waals surface area contributed by atoms with Crippen LogP contribution < -0.4 is 10.5 Å². The zero-order chi connectivity index (χ0) is 13.1. The standard InChI is InChI=1S/C14H19N3O/c1-4-17-14(12(9-16-17)10(2)15)11-7-5-6-8-13(11)18-3/h5-10H,4,15H2,1-3H3. The van der Waals surface area contributed by atoms with E-state index in [1.54, 1.807) is 7.11 Å². The topological polar surface area (TPSA) is 53.1 Å². The lowest BCUT2D eigenvalue weighted by Gasteiger charge is -2.13. The van der Waals surface area contributed by atoms with Crippen LogP contribution in [0.5, 0.6) is 5.75 Å². The lowest BCUT2D eigenvalue weighted by Crippen LogP contribution is -2.08. The van der Waals surface area contributed by atoms with Gasteiger partial charge < -0.3 is 10.5 Å². The van der Waals surface area contributed by atoms with E-state index < -0.39 is 0 Å². The summed E-state index contributed by atoms with van der Waals surface area (Å²) in [5.74, 6) is 0.842. The first kappa shape index (κ1) is 12.6. The predicted molar refractivity (Wildman–Crippen MR) is 72.5 cm³/mol. The minimum Gasteiger partial charge on any atom is -0.496 e.